The average Bonchev–Trinajstić information content (AvgIpc) is 2.66. The number of rotatable bonds is 5. The fraction of sp³-hybridized carbons (Fsp3) is 0.333. The first-order chi connectivity index (χ1) is 11.8. The Bertz CT molecular complexity index is 636. The molecule has 0 spiro atoms. The molecule has 1 saturated heterocycles. The Morgan fingerprint density at radius 2 is 2.12 bits per heavy atom. The van der Waals surface area contributed by atoms with Crippen LogP contribution in [0.1, 0.15) is 5.56 Å². The number of hydrogen-bond acceptors (Lipinski definition) is 5. The predicted molar refractivity (Wildman–Crippen MR) is 89.7 cm³/mol. The van der Waals surface area contributed by atoms with Crippen LogP contribution >= 0.6 is 0 Å². The Balaban J connectivity index is 1.45. The van der Waals surface area contributed by atoms with Gasteiger partial charge in [0.1, 0.15) is 19.0 Å². The van der Waals surface area contributed by atoms with Crippen molar-refractivity contribution in [1.82, 2.24) is 15.2 Å². The van der Waals surface area contributed by atoms with Gasteiger partial charge in [0.25, 0.3) is 0 Å². The van der Waals surface area contributed by atoms with E-state index in [2.05, 4.69) is 10.3 Å². The van der Waals surface area contributed by atoms with Gasteiger partial charge in [0.2, 0.25) is 0 Å². The molecule has 1 N–H and O–H groups in total. The van der Waals surface area contributed by atoms with Crippen molar-refractivity contribution in [2.45, 2.75) is 12.6 Å². The molecule has 1 unspecified atom stereocenters. The Hall–Kier alpha value is -2.60. The molecule has 1 aromatic heterocycles. The smallest absolute Gasteiger partial charge is 0.410 e. The van der Waals surface area contributed by atoms with Crippen LogP contribution in [0.5, 0.6) is 5.75 Å². The highest BCUT2D eigenvalue weighted by molar-refractivity contribution is 5.67. The fourth-order valence-electron chi connectivity index (χ4n) is 2.54. The third-order valence-electron chi connectivity index (χ3n) is 3.80. The number of benzene rings is 1. The van der Waals surface area contributed by atoms with E-state index in [4.69, 9.17) is 9.47 Å². The van der Waals surface area contributed by atoms with Crippen molar-refractivity contribution in [3.8, 4) is 5.75 Å². The summed E-state index contributed by atoms with van der Waals surface area (Å²) >= 11 is 0. The van der Waals surface area contributed by atoms with E-state index in [1.54, 1.807) is 17.3 Å². The molecule has 1 aliphatic heterocycles. The lowest BCUT2D eigenvalue weighted by Gasteiger charge is -2.32. The number of piperazine rings is 1. The van der Waals surface area contributed by atoms with Crippen molar-refractivity contribution in [2.24, 2.45) is 0 Å². The van der Waals surface area contributed by atoms with Crippen LogP contribution in [0.15, 0.2) is 54.9 Å². The maximum absolute atomic E-state index is 12.2. The van der Waals surface area contributed by atoms with Gasteiger partial charge in [-0.2, -0.15) is 0 Å². The molecule has 1 aliphatic rings. The molecule has 2 heterocycles. The molecule has 24 heavy (non-hydrogen) atoms. The van der Waals surface area contributed by atoms with E-state index in [0.29, 0.717) is 26.3 Å². The van der Waals surface area contributed by atoms with E-state index in [9.17, 15) is 4.79 Å². The molecule has 126 valence electrons. The van der Waals surface area contributed by atoms with Crippen LogP contribution in [0.4, 0.5) is 4.79 Å². The minimum atomic E-state index is -0.285. The summed E-state index contributed by atoms with van der Waals surface area (Å²) in [5.74, 6) is 0.725. The summed E-state index contributed by atoms with van der Waals surface area (Å²) in [4.78, 5) is 18.0. The summed E-state index contributed by atoms with van der Waals surface area (Å²) < 4.78 is 11.1. The number of carbonyl (C=O) groups excluding carboxylic acids is 1. The van der Waals surface area contributed by atoms with Crippen molar-refractivity contribution < 1.29 is 14.3 Å². The van der Waals surface area contributed by atoms with E-state index in [1.807, 2.05) is 42.5 Å². The third-order valence-corrected chi connectivity index (χ3v) is 3.80. The van der Waals surface area contributed by atoms with Gasteiger partial charge in [-0.1, -0.05) is 30.3 Å². The topological polar surface area (TPSA) is 63.7 Å². The molecule has 1 aromatic carbocycles. The number of aromatic nitrogens is 1. The fourth-order valence-corrected chi connectivity index (χ4v) is 2.54. The Morgan fingerprint density at radius 1 is 1.25 bits per heavy atom. The summed E-state index contributed by atoms with van der Waals surface area (Å²) in [6.07, 6.45) is 3.09. The van der Waals surface area contributed by atoms with Gasteiger partial charge in [0, 0.05) is 25.8 Å². The first-order valence-corrected chi connectivity index (χ1v) is 8.03. The maximum atomic E-state index is 12.2. The lowest BCUT2D eigenvalue weighted by atomic mass is 10.2. The number of amides is 1. The van der Waals surface area contributed by atoms with Crippen LogP contribution < -0.4 is 10.1 Å². The van der Waals surface area contributed by atoms with Crippen molar-refractivity contribution in [2.75, 3.05) is 26.2 Å². The van der Waals surface area contributed by atoms with Crippen LogP contribution in [-0.2, 0) is 11.3 Å². The second-order valence-corrected chi connectivity index (χ2v) is 5.64. The van der Waals surface area contributed by atoms with E-state index in [-0.39, 0.29) is 12.1 Å². The molecule has 1 fully saturated rings. The predicted octanol–water partition coefficient (Wildman–Crippen LogP) is 2.07. The number of ether oxygens (including phenoxy) is 2. The zero-order chi connectivity index (χ0) is 16.6. The van der Waals surface area contributed by atoms with Crippen LogP contribution in [0.2, 0.25) is 0 Å². The second kappa shape index (κ2) is 8.31. The maximum Gasteiger partial charge on any atom is 0.410 e. The highest BCUT2D eigenvalue weighted by Gasteiger charge is 2.24. The molecule has 0 radical (unpaired) electrons. The number of nitrogens with zero attached hydrogens (tertiary/aromatic N) is 2. The third kappa shape index (κ3) is 4.70. The van der Waals surface area contributed by atoms with Crippen molar-refractivity contribution >= 4 is 6.09 Å². The molecule has 6 heteroatoms. The molecular formula is C18H21N3O3. The summed E-state index contributed by atoms with van der Waals surface area (Å²) in [5.41, 5.74) is 0.984. The lowest BCUT2D eigenvalue weighted by molar-refractivity contribution is 0.0796. The van der Waals surface area contributed by atoms with Crippen LogP contribution in [-0.4, -0.2) is 48.3 Å². The van der Waals surface area contributed by atoms with Crippen LogP contribution in [0, 0.1) is 0 Å². The van der Waals surface area contributed by atoms with Gasteiger partial charge in [-0.3, -0.25) is 4.98 Å². The number of hydrogen-bond donors (Lipinski definition) is 1. The monoisotopic (exact) mass is 327 g/mol. The van der Waals surface area contributed by atoms with Gasteiger partial charge in [-0.15, -0.1) is 0 Å². The van der Waals surface area contributed by atoms with E-state index >= 15 is 0 Å². The molecule has 0 saturated carbocycles. The summed E-state index contributed by atoms with van der Waals surface area (Å²) in [7, 11) is 0. The standard InChI is InChI=1S/C18H21N3O3/c22-18(24-13-15-5-2-1-3-6-15)21-10-9-20-16(12-21)14-23-17-7-4-8-19-11-17/h1-8,11,16,20H,9-10,12-14H2. The largest absolute Gasteiger partial charge is 0.490 e. The molecule has 6 nitrogen and oxygen atoms in total. The van der Waals surface area contributed by atoms with Crippen molar-refractivity contribution in [1.29, 1.82) is 0 Å². The molecule has 1 atom stereocenters. The van der Waals surface area contributed by atoms with E-state index in [0.717, 1.165) is 17.9 Å². The Kier molecular flexibility index (Phi) is 5.63. The quantitative estimate of drug-likeness (QED) is 0.911. The SMILES string of the molecule is O=C(OCc1ccccc1)N1CCNC(COc2cccnc2)C1. The zero-order valence-electron chi connectivity index (χ0n) is 13.4. The summed E-state index contributed by atoms with van der Waals surface area (Å²) in [6, 6.07) is 13.4. The van der Waals surface area contributed by atoms with Gasteiger partial charge >= 0.3 is 6.09 Å². The first-order valence-electron chi connectivity index (χ1n) is 8.03. The number of carbonyl (C=O) groups is 1. The van der Waals surface area contributed by atoms with Gasteiger partial charge in [-0.25, -0.2) is 4.79 Å². The van der Waals surface area contributed by atoms with Gasteiger partial charge < -0.3 is 19.7 Å². The zero-order valence-corrected chi connectivity index (χ0v) is 13.4. The molecule has 0 aliphatic carbocycles. The Labute approximate surface area is 141 Å². The summed E-state index contributed by atoms with van der Waals surface area (Å²) in [5, 5.41) is 3.35. The Morgan fingerprint density at radius 3 is 2.92 bits per heavy atom. The lowest BCUT2D eigenvalue weighted by Crippen LogP contribution is -2.54. The molecule has 3 rings (SSSR count). The van der Waals surface area contributed by atoms with Gasteiger partial charge in [0.05, 0.1) is 12.2 Å². The average molecular weight is 327 g/mol. The van der Waals surface area contributed by atoms with E-state index in [1.165, 1.54) is 0 Å². The highest BCUT2D eigenvalue weighted by atomic mass is 16.6. The minimum Gasteiger partial charge on any atom is -0.490 e. The highest BCUT2D eigenvalue weighted by Crippen LogP contribution is 2.09. The van der Waals surface area contributed by atoms with E-state index < -0.39 is 0 Å². The van der Waals surface area contributed by atoms with Crippen molar-refractivity contribution in [3.63, 3.8) is 0 Å². The summed E-state index contributed by atoms with van der Waals surface area (Å²) in [6.45, 7) is 2.70. The van der Waals surface area contributed by atoms with Gasteiger partial charge in [-0.05, 0) is 17.7 Å². The van der Waals surface area contributed by atoms with Crippen LogP contribution in [0.25, 0.3) is 0 Å². The molecule has 2 aromatic rings. The minimum absolute atomic E-state index is 0.0724. The first kappa shape index (κ1) is 16.3. The number of pyridine rings is 1. The second-order valence-electron chi connectivity index (χ2n) is 5.64. The van der Waals surface area contributed by atoms with Crippen molar-refractivity contribution in [3.05, 3.63) is 60.4 Å². The molecular weight excluding hydrogens is 306 g/mol. The molecule has 1 amide bonds. The normalized spacial score (nSPS) is 17.3. The molecule has 0 bridgehead atoms. The van der Waals surface area contributed by atoms with Crippen LogP contribution in [0.3, 0.4) is 0 Å². The number of nitrogens with one attached hydrogen (secondary N) is 1. The van der Waals surface area contributed by atoms with Gasteiger partial charge in [0.15, 0.2) is 0 Å².